The van der Waals surface area contributed by atoms with E-state index in [1.54, 1.807) is 24.5 Å². The predicted octanol–water partition coefficient (Wildman–Crippen LogP) is 0.896. The number of nitrogens with one attached hydrogen (secondary N) is 1. The van der Waals surface area contributed by atoms with Crippen LogP contribution in [0.25, 0.3) is 0 Å². The van der Waals surface area contributed by atoms with Gasteiger partial charge in [-0.05, 0) is 30.2 Å². The quantitative estimate of drug-likeness (QED) is 0.786. The maximum atomic E-state index is 11.9. The Hall–Kier alpha value is -2.19. The van der Waals surface area contributed by atoms with Crippen molar-refractivity contribution in [3.63, 3.8) is 0 Å². The topological polar surface area (TPSA) is 110 Å². The van der Waals surface area contributed by atoms with Crippen LogP contribution in [0.3, 0.4) is 0 Å². The number of hydrogen-bond acceptors (Lipinski definition) is 5. The van der Waals surface area contributed by atoms with E-state index in [-0.39, 0.29) is 18.1 Å². The number of hydrogen-bond donors (Lipinski definition) is 2. The summed E-state index contributed by atoms with van der Waals surface area (Å²) in [4.78, 5) is 15.1. The second kappa shape index (κ2) is 6.51. The van der Waals surface area contributed by atoms with Gasteiger partial charge in [-0.15, -0.1) is 0 Å². The molecular formula is C13H14N2O5S. The molecule has 2 heterocycles. The summed E-state index contributed by atoms with van der Waals surface area (Å²) in [6, 6.07) is 6.17. The van der Waals surface area contributed by atoms with Gasteiger partial charge >= 0.3 is 5.97 Å². The molecule has 112 valence electrons. The summed E-state index contributed by atoms with van der Waals surface area (Å²) in [6.45, 7) is -0.229. The smallest absolute Gasteiger partial charge is 0.308 e. The van der Waals surface area contributed by atoms with Crippen LogP contribution in [0, 0.1) is 5.92 Å². The summed E-state index contributed by atoms with van der Waals surface area (Å²) in [5, 5.41) is 8.94. The molecular weight excluding hydrogens is 296 g/mol. The number of furan rings is 1. The minimum absolute atomic E-state index is 0.184. The molecule has 21 heavy (non-hydrogen) atoms. The lowest BCUT2D eigenvalue weighted by Gasteiger charge is -2.12. The average molecular weight is 310 g/mol. The molecule has 0 aliphatic heterocycles. The van der Waals surface area contributed by atoms with Gasteiger partial charge in [0.25, 0.3) is 10.0 Å². The minimum Gasteiger partial charge on any atom is -0.481 e. The number of aromatic nitrogens is 1. The van der Waals surface area contributed by atoms with Crippen LogP contribution < -0.4 is 4.72 Å². The van der Waals surface area contributed by atoms with Crippen LogP contribution in [-0.2, 0) is 21.2 Å². The molecule has 2 rings (SSSR count). The van der Waals surface area contributed by atoms with Crippen LogP contribution in [-0.4, -0.2) is 31.0 Å². The molecule has 0 aliphatic carbocycles. The third-order valence-electron chi connectivity index (χ3n) is 2.83. The Kier molecular flexibility index (Phi) is 4.71. The molecule has 0 saturated carbocycles. The molecule has 0 spiro atoms. The maximum Gasteiger partial charge on any atom is 0.308 e. The molecule has 2 aromatic rings. The molecule has 0 saturated heterocycles. The van der Waals surface area contributed by atoms with Gasteiger partial charge in [-0.25, -0.2) is 13.1 Å². The van der Waals surface area contributed by atoms with Crippen molar-refractivity contribution in [2.45, 2.75) is 11.5 Å². The standard InChI is InChI=1S/C13H14N2O5S/c16-13(17)11(7-10-3-1-5-14-8-10)9-15-21(18,19)12-4-2-6-20-12/h1-6,8,11,15H,7,9H2,(H,16,17). The number of pyridine rings is 1. The van der Waals surface area contributed by atoms with Crippen LogP contribution >= 0.6 is 0 Å². The first kappa shape index (κ1) is 15.2. The monoisotopic (exact) mass is 310 g/mol. The Morgan fingerprint density at radius 3 is 2.76 bits per heavy atom. The molecule has 0 amide bonds. The normalized spacial score (nSPS) is 13.0. The van der Waals surface area contributed by atoms with Gasteiger partial charge in [-0.3, -0.25) is 9.78 Å². The highest BCUT2D eigenvalue weighted by Gasteiger charge is 2.23. The first-order valence-corrected chi connectivity index (χ1v) is 7.62. The van der Waals surface area contributed by atoms with Gasteiger partial charge in [-0.1, -0.05) is 6.07 Å². The van der Waals surface area contributed by atoms with Crippen molar-refractivity contribution in [1.82, 2.24) is 9.71 Å². The lowest BCUT2D eigenvalue weighted by molar-refractivity contribution is -0.141. The SMILES string of the molecule is O=C(O)C(CNS(=O)(=O)c1ccco1)Cc1cccnc1. The zero-order chi connectivity index (χ0) is 15.3. The van der Waals surface area contributed by atoms with Gasteiger partial charge in [0.05, 0.1) is 12.2 Å². The largest absolute Gasteiger partial charge is 0.481 e. The zero-order valence-electron chi connectivity index (χ0n) is 11.0. The Morgan fingerprint density at radius 1 is 1.38 bits per heavy atom. The summed E-state index contributed by atoms with van der Waals surface area (Å²) >= 11 is 0. The van der Waals surface area contributed by atoms with Crippen molar-refractivity contribution in [3.05, 3.63) is 48.5 Å². The van der Waals surface area contributed by atoms with E-state index in [2.05, 4.69) is 9.71 Å². The molecule has 0 fully saturated rings. The molecule has 8 heteroatoms. The third kappa shape index (κ3) is 4.14. The number of nitrogens with zero attached hydrogens (tertiary/aromatic N) is 1. The van der Waals surface area contributed by atoms with Crippen molar-refractivity contribution in [1.29, 1.82) is 0 Å². The van der Waals surface area contributed by atoms with Gasteiger partial charge < -0.3 is 9.52 Å². The van der Waals surface area contributed by atoms with Crippen LogP contribution in [0.1, 0.15) is 5.56 Å². The summed E-state index contributed by atoms with van der Waals surface area (Å²) in [7, 11) is -3.83. The minimum atomic E-state index is -3.83. The molecule has 0 aromatic carbocycles. The molecule has 0 aliphatic rings. The maximum absolute atomic E-state index is 11.9. The van der Waals surface area contributed by atoms with Crippen molar-refractivity contribution in [2.75, 3.05) is 6.54 Å². The first-order chi connectivity index (χ1) is 9.99. The van der Waals surface area contributed by atoms with Gasteiger partial charge in [0.15, 0.2) is 0 Å². The van der Waals surface area contributed by atoms with E-state index >= 15 is 0 Å². The molecule has 2 aromatic heterocycles. The summed E-state index contributed by atoms with van der Waals surface area (Å²) < 4.78 is 30.8. The molecule has 1 atom stereocenters. The van der Waals surface area contributed by atoms with Crippen LogP contribution in [0.15, 0.2) is 52.4 Å². The Morgan fingerprint density at radius 2 is 2.19 bits per heavy atom. The molecule has 2 N–H and O–H groups in total. The van der Waals surface area contributed by atoms with E-state index in [0.29, 0.717) is 0 Å². The number of aliphatic carboxylic acids is 1. The number of sulfonamides is 1. The highest BCUT2D eigenvalue weighted by atomic mass is 32.2. The van der Waals surface area contributed by atoms with Gasteiger partial charge in [0, 0.05) is 18.9 Å². The van der Waals surface area contributed by atoms with Crippen LogP contribution in [0.2, 0.25) is 0 Å². The number of carboxylic acids is 1. The van der Waals surface area contributed by atoms with Crippen molar-refractivity contribution in [3.8, 4) is 0 Å². The fourth-order valence-corrected chi connectivity index (χ4v) is 2.75. The van der Waals surface area contributed by atoms with Gasteiger partial charge in [0.1, 0.15) is 0 Å². The number of carboxylic acid groups (broad SMARTS) is 1. The van der Waals surface area contributed by atoms with E-state index in [9.17, 15) is 18.3 Å². The van der Waals surface area contributed by atoms with E-state index in [4.69, 9.17) is 4.42 Å². The van der Waals surface area contributed by atoms with E-state index in [1.807, 2.05) is 0 Å². The second-order valence-electron chi connectivity index (χ2n) is 4.38. The molecule has 7 nitrogen and oxygen atoms in total. The van der Waals surface area contributed by atoms with Gasteiger partial charge in [0.2, 0.25) is 5.09 Å². The lowest BCUT2D eigenvalue weighted by Crippen LogP contribution is -2.34. The van der Waals surface area contributed by atoms with Crippen molar-refractivity contribution < 1.29 is 22.7 Å². The Labute approximate surface area is 121 Å². The van der Waals surface area contributed by atoms with Crippen molar-refractivity contribution in [2.24, 2.45) is 5.92 Å². The average Bonchev–Trinajstić information content (AvgIpc) is 2.99. The highest BCUT2D eigenvalue weighted by Crippen LogP contribution is 2.11. The summed E-state index contributed by atoms with van der Waals surface area (Å²) in [5.41, 5.74) is 0.724. The first-order valence-electron chi connectivity index (χ1n) is 6.14. The van der Waals surface area contributed by atoms with E-state index < -0.39 is 21.9 Å². The summed E-state index contributed by atoms with van der Waals surface area (Å²) in [6.07, 6.45) is 4.55. The van der Waals surface area contributed by atoms with E-state index in [0.717, 1.165) is 5.56 Å². The number of carbonyl (C=O) groups is 1. The predicted molar refractivity (Wildman–Crippen MR) is 73.0 cm³/mol. The Bertz CT molecular complexity index is 683. The van der Waals surface area contributed by atoms with Gasteiger partial charge in [-0.2, -0.15) is 0 Å². The molecule has 1 unspecified atom stereocenters. The fraction of sp³-hybridized carbons (Fsp3) is 0.231. The van der Waals surface area contributed by atoms with Crippen molar-refractivity contribution >= 4 is 16.0 Å². The summed E-state index contributed by atoms with van der Waals surface area (Å²) in [5.74, 6) is -1.97. The van der Waals surface area contributed by atoms with Crippen LogP contribution in [0.5, 0.6) is 0 Å². The van der Waals surface area contributed by atoms with Crippen LogP contribution in [0.4, 0.5) is 0 Å². The molecule has 0 radical (unpaired) electrons. The van der Waals surface area contributed by atoms with E-state index in [1.165, 1.54) is 18.4 Å². The highest BCUT2D eigenvalue weighted by molar-refractivity contribution is 7.89. The fourth-order valence-electron chi connectivity index (χ4n) is 1.75. The number of rotatable bonds is 7. The zero-order valence-corrected chi connectivity index (χ0v) is 11.8. The molecule has 0 bridgehead atoms. The Balaban J connectivity index is 2.03. The third-order valence-corrected chi connectivity index (χ3v) is 4.14. The second-order valence-corrected chi connectivity index (χ2v) is 6.08. The lowest BCUT2D eigenvalue weighted by atomic mass is 10.0.